The summed E-state index contributed by atoms with van der Waals surface area (Å²) >= 11 is 0.420. The van der Waals surface area contributed by atoms with Crippen molar-refractivity contribution in [2.24, 2.45) is 0 Å². The molecular weight excluding hydrogens is 284 g/mol. The standard InChI is InChI=1S/C14H11F2NO2S/c15-14(16)20-10-7-5-9(6-8-10)13(19)17-11-3-1-2-4-12(11)18/h1-8,14,18H,(H,17,19). The molecule has 0 aromatic heterocycles. The number of carbonyl (C=O) groups is 1. The number of carbonyl (C=O) groups excluding carboxylic acids is 1. The Morgan fingerprint density at radius 2 is 1.75 bits per heavy atom. The molecule has 0 aliphatic rings. The molecule has 0 heterocycles. The van der Waals surface area contributed by atoms with Gasteiger partial charge in [0.1, 0.15) is 5.75 Å². The molecule has 0 unspecified atom stereocenters. The van der Waals surface area contributed by atoms with Gasteiger partial charge >= 0.3 is 0 Å². The summed E-state index contributed by atoms with van der Waals surface area (Å²) in [7, 11) is 0. The minimum absolute atomic E-state index is 0.0364. The van der Waals surface area contributed by atoms with Crippen LogP contribution in [0.4, 0.5) is 14.5 Å². The van der Waals surface area contributed by atoms with Crippen molar-refractivity contribution in [3.63, 3.8) is 0 Å². The molecule has 0 atom stereocenters. The third-order valence-corrected chi connectivity index (χ3v) is 3.22. The van der Waals surface area contributed by atoms with Crippen molar-refractivity contribution in [1.82, 2.24) is 0 Å². The number of halogens is 2. The first-order chi connectivity index (χ1) is 9.56. The third kappa shape index (κ3) is 3.71. The summed E-state index contributed by atoms with van der Waals surface area (Å²) in [5.41, 5.74) is 0.621. The van der Waals surface area contributed by atoms with E-state index in [0.29, 0.717) is 27.9 Å². The fourth-order valence-corrected chi connectivity index (χ4v) is 2.06. The molecule has 0 bridgehead atoms. The zero-order valence-electron chi connectivity index (χ0n) is 10.2. The molecule has 0 aliphatic carbocycles. The number of para-hydroxylation sites is 2. The van der Waals surface area contributed by atoms with Crippen molar-refractivity contribution in [2.75, 3.05) is 5.32 Å². The number of amides is 1. The molecule has 1 amide bonds. The molecule has 0 radical (unpaired) electrons. The van der Waals surface area contributed by atoms with Gasteiger partial charge in [-0.25, -0.2) is 0 Å². The quantitative estimate of drug-likeness (QED) is 0.663. The molecule has 6 heteroatoms. The minimum atomic E-state index is -2.49. The molecule has 2 N–H and O–H groups in total. The zero-order chi connectivity index (χ0) is 14.5. The number of hydrogen-bond acceptors (Lipinski definition) is 3. The second kappa shape index (κ2) is 6.38. The number of phenols is 1. The fraction of sp³-hybridized carbons (Fsp3) is 0.0714. The van der Waals surface area contributed by atoms with Gasteiger partial charge in [0.2, 0.25) is 0 Å². The summed E-state index contributed by atoms with van der Waals surface area (Å²) in [5, 5.41) is 12.1. The Labute approximate surface area is 118 Å². The maximum absolute atomic E-state index is 12.2. The van der Waals surface area contributed by atoms with Gasteiger partial charge in [-0.2, -0.15) is 8.78 Å². The maximum Gasteiger partial charge on any atom is 0.288 e. The third-order valence-electron chi connectivity index (χ3n) is 2.49. The van der Waals surface area contributed by atoms with E-state index in [-0.39, 0.29) is 5.75 Å². The number of alkyl halides is 2. The van der Waals surface area contributed by atoms with Gasteiger partial charge < -0.3 is 10.4 Å². The average molecular weight is 295 g/mol. The van der Waals surface area contributed by atoms with Crippen molar-refractivity contribution in [1.29, 1.82) is 0 Å². The highest BCUT2D eigenvalue weighted by Gasteiger charge is 2.10. The molecule has 0 saturated carbocycles. The summed E-state index contributed by atoms with van der Waals surface area (Å²) in [6, 6.07) is 12.2. The number of anilines is 1. The van der Waals surface area contributed by atoms with E-state index in [0.717, 1.165) is 0 Å². The van der Waals surface area contributed by atoms with Gasteiger partial charge in [0.25, 0.3) is 11.7 Å². The van der Waals surface area contributed by atoms with Gasteiger partial charge in [0, 0.05) is 10.5 Å². The van der Waals surface area contributed by atoms with Crippen molar-refractivity contribution in [3.8, 4) is 5.75 Å². The molecule has 0 fully saturated rings. The molecule has 104 valence electrons. The predicted octanol–water partition coefficient (Wildman–Crippen LogP) is 3.96. The Hall–Kier alpha value is -2.08. The lowest BCUT2D eigenvalue weighted by Crippen LogP contribution is -2.11. The molecule has 0 saturated heterocycles. The highest BCUT2D eigenvalue weighted by Crippen LogP contribution is 2.26. The highest BCUT2D eigenvalue weighted by atomic mass is 32.2. The van der Waals surface area contributed by atoms with Crippen LogP contribution in [0.3, 0.4) is 0 Å². The largest absolute Gasteiger partial charge is 0.506 e. The van der Waals surface area contributed by atoms with E-state index in [4.69, 9.17) is 0 Å². The lowest BCUT2D eigenvalue weighted by Gasteiger charge is -2.07. The number of aromatic hydroxyl groups is 1. The van der Waals surface area contributed by atoms with Crippen LogP contribution >= 0.6 is 11.8 Å². The number of hydrogen-bond donors (Lipinski definition) is 2. The van der Waals surface area contributed by atoms with Crippen LogP contribution in [-0.2, 0) is 0 Å². The Kier molecular flexibility index (Phi) is 4.57. The summed E-state index contributed by atoms with van der Waals surface area (Å²) < 4.78 is 24.3. The average Bonchev–Trinajstić information content (AvgIpc) is 2.41. The summed E-state index contributed by atoms with van der Waals surface area (Å²) in [6.07, 6.45) is 0. The van der Waals surface area contributed by atoms with Crippen molar-refractivity contribution >= 4 is 23.4 Å². The zero-order valence-corrected chi connectivity index (χ0v) is 11.0. The van der Waals surface area contributed by atoms with E-state index in [1.165, 1.54) is 30.3 Å². The maximum atomic E-state index is 12.2. The molecule has 20 heavy (non-hydrogen) atoms. The van der Waals surface area contributed by atoms with Gasteiger partial charge in [0.15, 0.2) is 0 Å². The Morgan fingerprint density at radius 1 is 1.10 bits per heavy atom. The number of benzene rings is 2. The van der Waals surface area contributed by atoms with Gasteiger partial charge in [-0.15, -0.1) is 0 Å². The SMILES string of the molecule is O=C(Nc1ccccc1O)c1ccc(SC(F)F)cc1. The molecule has 2 aromatic rings. The molecule has 0 spiro atoms. The molecule has 2 aromatic carbocycles. The second-order valence-electron chi connectivity index (χ2n) is 3.87. The van der Waals surface area contributed by atoms with Crippen molar-refractivity contribution in [3.05, 3.63) is 54.1 Å². The van der Waals surface area contributed by atoms with Gasteiger partial charge in [0.05, 0.1) is 5.69 Å². The lowest BCUT2D eigenvalue weighted by molar-refractivity contribution is 0.102. The first-order valence-electron chi connectivity index (χ1n) is 5.70. The van der Waals surface area contributed by atoms with Crippen LogP contribution in [0, 0.1) is 0 Å². The second-order valence-corrected chi connectivity index (χ2v) is 4.94. The number of thioether (sulfide) groups is 1. The Morgan fingerprint density at radius 3 is 2.35 bits per heavy atom. The predicted molar refractivity (Wildman–Crippen MR) is 74.4 cm³/mol. The van der Waals surface area contributed by atoms with E-state index in [2.05, 4.69) is 5.32 Å². The summed E-state index contributed by atoms with van der Waals surface area (Å²) in [5.74, 6) is -2.94. The van der Waals surface area contributed by atoms with Gasteiger partial charge in [-0.1, -0.05) is 23.9 Å². The monoisotopic (exact) mass is 295 g/mol. The van der Waals surface area contributed by atoms with E-state index in [1.807, 2.05) is 0 Å². The van der Waals surface area contributed by atoms with Crippen LogP contribution in [0.1, 0.15) is 10.4 Å². The highest BCUT2D eigenvalue weighted by molar-refractivity contribution is 7.99. The number of rotatable bonds is 4. The molecular formula is C14H11F2NO2S. The smallest absolute Gasteiger partial charge is 0.288 e. The lowest BCUT2D eigenvalue weighted by atomic mass is 10.2. The van der Waals surface area contributed by atoms with Crippen LogP contribution in [0.15, 0.2) is 53.4 Å². The first-order valence-corrected chi connectivity index (χ1v) is 6.58. The Bertz CT molecular complexity index is 602. The topological polar surface area (TPSA) is 49.3 Å². The van der Waals surface area contributed by atoms with E-state index >= 15 is 0 Å². The van der Waals surface area contributed by atoms with Crippen LogP contribution in [0.25, 0.3) is 0 Å². The number of phenolic OH excluding ortho intramolecular Hbond substituents is 1. The number of nitrogens with one attached hydrogen (secondary N) is 1. The van der Waals surface area contributed by atoms with Crippen LogP contribution in [0.2, 0.25) is 0 Å². The fourth-order valence-electron chi connectivity index (χ4n) is 1.56. The van der Waals surface area contributed by atoms with Gasteiger partial charge in [-0.3, -0.25) is 4.79 Å². The Balaban J connectivity index is 2.08. The van der Waals surface area contributed by atoms with Gasteiger partial charge in [-0.05, 0) is 36.4 Å². The van der Waals surface area contributed by atoms with Crippen molar-refractivity contribution in [2.45, 2.75) is 10.7 Å². The van der Waals surface area contributed by atoms with Crippen LogP contribution < -0.4 is 5.32 Å². The summed E-state index contributed by atoms with van der Waals surface area (Å²) in [6.45, 7) is 0. The van der Waals surface area contributed by atoms with E-state index < -0.39 is 11.7 Å². The molecule has 2 rings (SSSR count). The normalized spacial score (nSPS) is 10.6. The van der Waals surface area contributed by atoms with E-state index in [1.54, 1.807) is 18.2 Å². The summed E-state index contributed by atoms with van der Waals surface area (Å²) in [4.78, 5) is 12.3. The van der Waals surface area contributed by atoms with Crippen LogP contribution in [0.5, 0.6) is 5.75 Å². The van der Waals surface area contributed by atoms with Crippen LogP contribution in [-0.4, -0.2) is 16.8 Å². The first kappa shape index (κ1) is 14.3. The molecule has 0 aliphatic heterocycles. The minimum Gasteiger partial charge on any atom is -0.506 e. The van der Waals surface area contributed by atoms with E-state index in [9.17, 15) is 18.7 Å². The molecule has 3 nitrogen and oxygen atoms in total. The van der Waals surface area contributed by atoms with Crippen molar-refractivity contribution < 1.29 is 18.7 Å².